The number of rotatable bonds is 8. The van der Waals surface area contributed by atoms with Crippen molar-refractivity contribution in [2.24, 2.45) is 4.99 Å². The maximum Gasteiger partial charge on any atom is 0.338 e. The van der Waals surface area contributed by atoms with Crippen molar-refractivity contribution in [3.8, 4) is 5.75 Å². The predicted octanol–water partition coefficient (Wildman–Crippen LogP) is 5.90. The summed E-state index contributed by atoms with van der Waals surface area (Å²) in [6, 6.07) is 30.6. The second kappa shape index (κ2) is 13.1. The first-order chi connectivity index (χ1) is 23.4. The quantitative estimate of drug-likeness (QED) is 0.191. The molecule has 1 amide bonds. The van der Waals surface area contributed by atoms with Gasteiger partial charge in [0.05, 0.1) is 48.3 Å². The highest BCUT2D eigenvalue weighted by Crippen LogP contribution is 2.38. The Balaban J connectivity index is 1.48. The van der Waals surface area contributed by atoms with E-state index >= 15 is 0 Å². The third-order valence-electron chi connectivity index (χ3n) is 8.26. The van der Waals surface area contributed by atoms with Crippen LogP contribution in [0.25, 0.3) is 11.3 Å². The molecular formula is C38H30ClN3O5S. The van der Waals surface area contributed by atoms with E-state index in [0.29, 0.717) is 62.4 Å². The predicted molar refractivity (Wildman–Crippen MR) is 187 cm³/mol. The molecule has 0 N–H and O–H groups in total. The maximum atomic E-state index is 14.7. The van der Waals surface area contributed by atoms with Crippen molar-refractivity contribution in [2.45, 2.75) is 26.4 Å². The van der Waals surface area contributed by atoms with E-state index in [1.807, 2.05) is 97.9 Å². The van der Waals surface area contributed by atoms with Crippen molar-refractivity contribution in [1.82, 2.24) is 4.57 Å². The topological polar surface area (TPSA) is 90.2 Å². The van der Waals surface area contributed by atoms with E-state index in [-0.39, 0.29) is 22.6 Å². The fraction of sp³-hybridized carbons (Fsp3) is 0.158. The van der Waals surface area contributed by atoms with Gasteiger partial charge in [-0.3, -0.25) is 14.2 Å². The number of benzene rings is 4. The maximum absolute atomic E-state index is 14.7. The Morgan fingerprint density at radius 1 is 0.875 bits per heavy atom. The number of carbonyl (C=O) groups is 2. The van der Waals surface area contributed by atoms with Gasteiger partial charge in [0.25, 0.3) is 11.5 Å². The minimum atomic E-state index is -0.877. The van der Waals surface area contributed by atoms with Crippen molar-refractivity contribution in [1.29, 1.82) is 0 Å². The third-order valence-corrected chi connectivity index (χ3v) is 9.57. The summed E-state index contributed by atoms with van der Waals surface area (Å²) in [5.41, 5.74) is 4.17. The van der Waals surface area contributed by atoms with Crippen LogP contribution < -0.4 is 24.5 Å². The van der Waals surface area contributed by atoms with Crippen LogP contribution in [0.5, 0.6) is 5.75 Å². The number of aromatic nitrogens is 1. The summed E-state index contributed by atoms with van der Waals surface area (Å²) in [6.45, 7) is 4.58. The van der Waals surface area contributed by atoms with E-state index in [1.54, 1.807) is 24.0 Å². The molecule has 10 heteroatoms. The number of hydrogen-bond acceptors (Lipinski definition) is 7. The molecule has 2 aliphatic rings. The number of ether oxygens (including phenoxy) is 2. The van der Waals surface area contributed by atoms with Crippen molar-refractivity contribution < 1.29 is 19.1 Å². The number of hydrogen-bond donors (Lipinski definition) is 0. The fourth-order valence-electron chi connectivity index (χ4n) is 6.15. The van der Waals surface area contributed by atoms with Gasteiger partial charge in [0.15, 0.2) is 4.80 Å². The zero-order valence-corrected chi connectivity index (χ0v) is 27.8. The molecule has 240 valence electrons. The number of fused-ring (bicyclic) bond motifs is 2. The Kier molecular flexibility index (Phi) is 8.56. The Morgan fingerprint density at radius 3 is 2.29 bits per heavy atom. The van der Waals surface area contributed by atoms with Gasteiger partial charge in [-0.15, -0.1) is 0 Å². The van der Waals surface area contributed by atoms with Gasteiger partial charge in [-0.05, 0) is 55.3 Å². The molecule has 0 saturated carbocycles. The molecule has 0 unspecified atom stereocenters. The summed E-state index contributed by atoms with van der Waals surface area (Å²) in [5.74, 6) is -0.204. The molecule has 0 spiro atoms. The van der Waals surface area contributed by atoms with Gasteiger partial charge in [-0.25, -0.2) is 9.79 Å². The normalized spacial score (nSPS) is 16.4. The van der Waals surface area contributed by atoms with E-state index < -0.39 is 17.6 Å². The monoisotopic (exact) mass is 675 g/mol. The van der Waals surface area contributed by atoms with Gasteiger partial charge in [0.1, 0.15) is 10.3 Å². The lowest BCUT2D eigenvalue weighted by molar-refractivity contribution is -0.138. The molecule has 2 aliphatic heterocycles. The molecule has 3 heterocycles. The summed E-state index contributed by atoms with van der Waals surface area (Å²) in [4.78, 5) is 49.8. The average molecular weight is 676 g/mol. The number of carbonyl (C=O) groups excluding carboxylic acids is 2. The summed E-state index contributed by atoms with van der Waals surface area (Å²) in [5, 5.41) is 0.604. The molecule has 1 atom stereocenters. The van der Waals surface area contributed by atoms with Crippen LogP contribution >= 0.6 is 22.9 Å². The molecule has 0 saturated heterocycles. The molecule has 7 rings (SSSR count). The lowest BCUT2D eigenvalue weighted by atomic mass is 9.93. The second-order valence-electron chi connectivity index (χ2n) is 11.2. The van der Waals surface area contributed by atoms with Gasteiger partial charge in [-0.2, -0.15) is 0 Å². The number of halogens is 1. The first-order valence-electron chi connectivity index (χ1n) is 15.6. The van der Waals surface area contributed by atoms with Crippen LogP contribution in [0.3, 0.4) is 0 Å². The highest BCUT2D eigenvalue weighted by atomic mass is 35.5. The zero-order chi connectivity index (χ0) is 33.4. The highest BCUT2D eigenvalue weighted by Gasteiger charge is 2.38. The average Bonchev–Trinajstić information content (AvgIpc) is 3.57. The molecule has 0 aliphatic carbocycles. The fourth-order valence-corrected chi connectivity index (χ4v) is 7.37. The lowest BCUT2D eigenvalue weighted by Crippen LogP contribution is -2.41. The molecular weight excluding hydrogens is 646 g/mol. The van der Waals surface area contributed by atoms with Gasteiger partial charge in [0, 0.05) is 16.1 Å². The van der Waals surface area contributed by atoms with Crippen LogP contribution in [-0.2, 0) is 20.9 Å². The third kappa shape index (κ3) is 5.55. The van der Waals surface area contributed by atoms with Gasteiger partial charge in [0.2, 0.25) is 0 Å². The smallest absolute Gasteiger partial charge is 0.338 e. The lowest BCUT2D eigenvalue weighted by Gasteiger charge is -2.26. The van der Waals surface area contributed by atoms with Gasteiger partial charge in [-0.1, -0.05) is 95.7 Å². The van der Waals surface area contributed by atoms with E-state index in [0.717, 1.165) is 16.9 Å². The first-order valence-corrected chi connectivity index (χ1v) is 16.8. The zero-order valence-electron chi connectivity index (χ0n) is 26.2. The Hall–Kier alpha value is -5.25. The summed E-state index contributed by atoms with van der Waals surface area (Å²) < 4.78 is 13.0. The standard InChI is InChI=1S/C38H30ClN3O5S/c1-3-46-27-20-16-25(17-21-27)33-31(37(45)47-4-2)32(24-10-6-5-7-11-24)40-38-42(33)36(44)34(48-38)30-28-12-8-9-13-29(28)41(35(30)43)22-23-14-18-26(39)19-15-23/h5-21,33H,3-4,22H2,1-2H3/b34-30-/t33-/m0/s1. The Labute approximate surface area is 285 Å². The van der Waals surface area contributed by atoms with Crippen molar-refractivity contribution in [3.63, 3.8) is 0 Å². The molecule has 0 bridgehead atoms. The van der Waals surface area contributed by atoms with Crippen molar-refractivity contribution >= 4 is 51.8 Å². The summed E-state index contributed by atoms with van der Waals surface area (Å²) >= 11 is 7.26. The van der Waals surface area contributed by atoms with Crippen molar-refractivity contribution in [3.05, 3.63) is 156 Å². The molecule has 48 heavy (non-hydrogen) atoms. The van der Waals surface area contributed by atoms with Crippen LogP contribution in [0.1, 0.15) is 42.1 Å². The van der Waals surface area contributed by atoms with E-state index in [4.69, 9.17) is 26.1 Å². The number of thiazole rings is 1. The van der Waals surface area contributed by atoms with Crippen molar-refractivity contribution in [2.75, 3.05) is 18.1 Å². The molecule has 0 radical (unpaired) electrons. The summed E-state index contributed by atoms with van der Waals surface area (Å²) in [6.07, 6.45) is 0. The number of para-hydroxylation sites is 1. The van der Waals surface area contributed by atoms with Crippen LogP contribution in [0.15, 0.2) is 118 Å². The molecule has 1 aromatic heterocycles. The minimum absolute atomic E-state index is 0.143. The highest BCUT2D eigenvalue weighted by molar-refractivity contribution is 7.07. The largest absolute Gasteiger partial charge is 0.494 e. The van der Waals surface area contributed by atoms with E-state index in [9.17, 15) is 14.4 Å². The van der Waals surface area contributed by atoms with Gasteiger partial charge >= 0.3 is 5.97 Å². The summed E-state index contributed by atoms with van der Waals surface area (Å²) in [7, 11) is 0. The molecule has 5 aromatic rings. The first kappa shape index (κ1) is 31.4. The Bertz CT molecular complexity index is 2260. The molecule has 4 aromatic carbocycles. The number of esters is 1. The van der Waals surface area contributed by atoms with Crippen LogP contribution in [0.2, 0.25) is 5.02 Å². The number of amides is 1. The SMILES string of the molecule is CCOC(=O)C1=C(c2ccccc2)N=c2s/c(=C3\C(=O)N(Cc4ccc(Cl)cc4)c4ccccc43)c(=O)n2[C@H]1c1ccc(OCC)cc1. The number of anilines is 1. The molecule has 8 nitrogen and oxygen atoms in total. The molecule has 0 fully saturated rings. The van der Waals surface area contributed by atoms with E-state index in [2.05, 4.69) is 0 Å². The minimum Gasteiger partial charge on any atom is -0.494 e. The van der Waals surface area contributed by atoms with Gasteiger partial charge < -0.3 is 14.4 Å². The van der Waals surface area contributed by atoms with Crippen LogP contribution in [0.4, 0.5) is 5.69 Å². The Morgan fingerprint density at radius 2 is 1.58 bits per heavy atom. The van der Waals surface area contributed by atoms with E-state index in [1.165, 1.54) is 4.57 Å². The second-order valence-corrected chi connectivity index (χ2v) is 12.6. The van der Waals surface area contributed by atoms with Crippen LogP contribution in [-0.4, -0.2) is 29.7 Å². The van der Waals surface area contributed by atoms with Crippen LogP contribution in [0, 0.1) is 0 Å². The number of nitrogens with zero attached hydrogens (tertiary/aromatic N) is 3.